The predicted molar refractivity (Wildman–Crippen MR) is 46.8 cm³/mol. The SMILES string of the molecule is CC.CN1CCOCC12CC2. The Hall–Kier alpha value is -0.0800. The van der Waals surface area contributed by atoms with Crippen LogP contribution in [0.4, 0.5) is 0 Å². The minimum absolute atomic E-state index is 0.498. The third kappa shape index (κ3) is 1.74. The highest BCUT2D eigenvalue weighted by Crippen LogP contribution is 2.42. The fraction of sp³-hybridized carbons (Fsp3) is 1.00. The summed E-state index contributed by atoms with van der Waals surface area (Å²) in [5.41, 5.74) is 0.498. The van der Waals surface area contributed by atoms with E-state index in [0.29, 0.717) is 5.54 Å². The van der Waals surface area contributed by atoms with Crippen molar-refractivity contribution in [2.24, 2.45) is 0 Å². The maximum atomic E-state index is 5.38. The fourth-order valence-electron chi connectivity index (χ4n) is 1.48. The molecule has 1 aliphatic heterocycles. The third-order valence-electron chi connectivity index (χ3n) is 2.58. The molecule has 2 rings (SSSR count). The summed E-state index contributed by atoms with van der Waals surface area (Å²) in [4.78, 5) is 2.44. The molecule has 1 spiro atoms. The second-order valence-corrected chi connectivity index (χ2v) is 3.20. The van der Waals surface area contributed by atoms with Gasteiger partial charge >= 0.3 is 0 Å². The Morgan fingerprint density at radius 1 is 1.27 bits per heavy atom. The topological polar surface area (TPSA) is 12.5 Å². The Kier molecular flexibility index (Phi) is 2.90. The van der Waals surface area contributed by atoms with Gasteiger partial charge in [0.1, 0.15) is 0 Å². The normalized spacial score (nSPS) is 27.5. The van der Waals surface area contributed by atoms with Crippen LogP contribution >= 0.6 is 0 Å². The maximum Gasteiger partial charge on any atom is 0.0650 e. The fourth-order valence-corrected chi connectivity index (χ4v) is 1.48. The zero-order chi connectivity index (χ0) is 8.32. The van der Waals surface area contributed by atoms with Crippen molar-refractivity contribution in [3.8, 4) is 0 Å². The molecule has 0 atom stereocenters. The van der Waals surface area contributed by atoms with Crippen molar-refractivity contribution in [2.45, 2.75) is 32.2 Å². The number of hydrogen-bond acceptors (Lipinski definition) is 2. The molecule has 11 heavy (non-hydrogen) atoms. The molecular weight excluding hydrogens is 138 g/mol. The molecule has 2 nitrogen and oxygen atoms in total. The molecule has 66 valence electrons. The van der Waals surface area contributed by atoms with Crippen LogP contribution < -0.4 is 0 Å². The maximum absolute atomic E-state index is 5.38. The van der Waals surface area contributed by atoms with Gasteiger partial charge in [-0.25, -0.2) is 0 Å². The van der Waals surface area contributed by atoms with E-state index in [1.165, 1.54) is 12.8 Å². The first-order valence-electron chi connectivity index (χ1n) is 4.63. The molecule has 1 aliphatic carbocycles. The average Bonchev–Trinajstić information content (AvgIpc) is 2.82. The summed E-state index contributed by atoms with van der Waals surface area (Å²) in [7, 11) is 2.20. The molecule has 1 heterocycles. The van der Waals surface area contributed by atoms with E-state index in [2.05, 4.69) is 11.9 Å². The van der Waals surface area contributed by atoms with Gasteiger partial charge in [-0.15, -0.1) is 0 Å². The molecule has 0 aromatic heterocycles. The van der Waals surface area contributed by atoms with Crippen LogP contribution in [-0.2, 0) is 4.74 Å². The van der Waals surface area contributed by atoms with Gasteiger partial charge in [0.15, 0.2) is 0 Å². The molecule has 0 radical (unpaired) electrons. The number of ether oxygens (including phenoxy) is 1. The molecule has 2 heteroatoms. The van der Waals surface area contributed by atoms with Crippen LogP contribution in [0.25, 0.3) is 0 Å². The monoisotopic (exact) mass is 157 g/mol. The van der Waals surface area contributed by atoms with Crippen LogP contribution in [0.1, 0.15) is 26.7 Å². The van der Waals surface area contributed by atoms with Gasteiger partial charge in [0.2, 0.25) is 0 Å². The lowest BCUT2D eigenvalue weighted by atomic mass is 10.2. The molecular formula is C9H19NO. The van der Waals surface area contributed by atoms with Crippen LogP contribution in [0.5, 0.6) is 0 Å². The predicted octanol–water partition coefficient (Wildman–Crippen LogP) is 1.51. The van der Waals surface area contributed by atoms with E-state index in [1.807, 2.05) is 13.8 Å². The molecule has 0 aromatic rings. The summed E-state index contributed by atoms with van der Waals surface area (Å²) in [6.45, 7) is 7.03. The number of rotatable bonds is 0. The summed E-state index contributed by atoms with van der Waals surface area (Å²) >= 11 is 0. The standard InChI is InChI=1S/C7H13NO.C2H6/c1-8-4-5-9-6-7(8)2-3-7;1-2/h2-6H2,1H3;1-2H3. The first-order valence-corrected chi connectivity index (χ1v) is 4.63. The highest BCUT2D eigenvalue weighted by Gasteiger charge is 2.47. The molecule has 1 saturated carbocycles. The van der Waals surface area contributed by atoms with Crippen molar-refractivity contribution in [3.63, 3.8) is 0 Å². The zero-order valence-corrected chi connectivity index (χ0v) is 7.89. The zero-order valence-electron chi connectivity index (χ0n) is 7.89. The number of morpholine rings is 1. The van der Waals surface area contributed by atoms with Gasteiger partial charge in [-0.3, -0.25) is 4.90 Å². The van der Waals surface area contributed by atoms with Crippen LogP contribution in [0.2, 0.25) is 0 Å². The van der Waals surface area contributed by atoms with E-state index < -0.39 is 0 Å². The van der Waals surface area contributed by atoms with E-state index in [1.54, 1.807) is 0 Å². The molecule has 0 amide bonds. The summed E-state index contributed by atoms with van der Waals surface area (Å²) in [5, 5.41) is 0. The Bertz CT molecular complexity index is 121. The van der Waals surface area contributed by atoms with Gasteiger partial charge < -0.3 is 4.74 Å². The van der Waals surface area contributed by atoms with E-state index in [4.69, 9.17) is 4.74 Å². The van der Waals surface area contributed by atoms with E-state index >= 15 is 0 Å². The molecule has 0 N–H and O–H groups in total. The minimum atomic E-state index is 0.498. The molecule has 2 fully saturated rings. The Labute approximate surface area is 69.5 Å². The Morgan fingerprint density at radius 2 is 1.91 bits per heavy atom. The van der Waals surface area contributed by atoms with Crippen molar-refractivity contribution >= 4 is 0 Å². The molecule has 0 unspecified atom stereocenters. The van der Waals surface area contributed by atoms with Gasteiger partial charge in [-0.2, -0.15) is 0 Å². The lowest BCUT2D eigenvalue weighted by molar-refractivity contribution is -0.00650. The van der Waals surface area contributed by atoms with Crippen LogP contribution in [0.15, 0.2) is 0 Å². The van der Waals surface area contributed by atoms with Crippen LogP contribution in [0.3, 0.4) is 0 Å². The number of hydrogen-bond donors (Lipinski definition) is 0. The van der Waals surface area contributed by atoms with Crippen LogP contribution in [0, 0.1) is 0 Å². The number of nitrogens with zero attached hydrogens (tertiary/aromatic N) is 1. The Balaban J connectivity index is 0.000000281. The molecule has 2 aliphatic rings. The average molecular weight is 157 g/mol. The largest absolute Gasteiger partial charge is 0.378 e. The van der Waals surface area contributed by atoms with Crippen LogP contribution in [-0.4, -0.2) is 37.2 Å². The Morgan fingerprint density at radius 3 is 2.27 bits per heavy atom. The van der Waals surface area contributed by atoms with Gasteiger partial charge in [0.25, 0.3) is 0 Å². The summed E-state index contributed by atoms with van der Waals surface area (Å²) < 4.78 is 5.38. The van der Waals surface area contributed by atoms with E-state index in [-0.39, 0.29) is 0 Å². The van der Waals surface area contributed by atoms with Crippen molar-refractivity contribution in [1.82, 2.24) is 4.90 Å². The molecule has 0 bridgehead atoms. The van der Waals surface area contributed by atoms with Gasteiger partial charge in [-0.1, -0.05) is 13.8 Å². The molecule has 1 saturated heterocycles. The third-order valence-corrected chi connectivity index (χ3v) is 2.58. The van der Waals surface area contributed by atoms with E-state index in [0.717, 1.165) is 19.8 Å². The van der Waals surface area contributed by atoms with Crippen molar-refractivity contribution in [1.29, 1.82) is 0 Å². The minimum Gasteiger partial charge on any atom is -0.378 e. The summed E-state index contributed by atoms with van der Waals surface area (Å²) in [6, 6.07) is 0. The van der Waals surface area contributed by atoms with Gasteiger partial charge in [0, 0.05) is 12.1 Å². The summed E-state index contributed by atoms with van der Waals surface area (Å²) in [6.07, 6.45) is 2.70. The first kappa shape index (κ1) is 9.01. The lowest BCUT2D eigenvalue weighted by Crippen LogP contribution is -2.44. The lowest BCUT2D eigenvalue weighted by Gasteiger charge is -2.32. The quantitative estimate of drug-likeness (QED) is 0.528. The van der Waals surface area contributed by atoms with Crippen molar-refractivity contribution < 1.29 is 4.74 Å². The first-order chi connectivity index (χ1) is 5.33. The highest BCUT2D eigenvalue weighted by atomic mass is 16.5. The van der Waals surface area contributed by atoms with Crippen molar-refractivity contribution in [2.75, 3.05) is 26.8 Å². The van der Waals surface area contributed by atoms with Gasteiger partial charge in [0.05, 0.1) is 13.2 Å². The smallest absolute Gasteiger partial charge is 0.0650 e. The number of likely N-dealkylation sites (N-methyl/N-ethyl adjacent to an activating group) is 1. The second-order valence-electron chi connectivity index (χ2n) is 3.20. The van der Waals surface area contributed by atoms with Crippen molar-refractivity contribution in [3.05, 3.63) is 0 Å². The van der Waals surface area contributed by atoms with E-state index in [9.17, 15) is 0 Å². The highest BCUT2D eigenvalue weighted by molar-refractivity contribution is 5.04. The molecule has 0 aromatic carbocycles. The van der Waals surface area contributed by atoms with Gasteiger partial charge in [-0.05, 0) is 19.9 Å². The summed E-state index contributed by atoms with van der Waals surface area (Å²) in [5.74, 6) is 0. The second kappa shape index (κ2) is 3.55.